The molecule has 0 unspecified atom stereocenters. The first-order chi connectivity index (χ1) is 15.6. The van der Waals surface area contributed by atoms with Gasteiger partial charge >= 0.3 is 0 Å². The minimum atomic E-state index is -0.501. The molecule has 0 bridgehead atoms. The maximum Gasteiger partial charge on any atom is 0.249 e. The van der Waals surface area contributed by atoms with Gasteiger partial charge in [-0.25, -0.2) is 4.98 Å². The van der Waals surface area contributed by atoms with Crippen molar-refractivity contribution < 1.29 is 9.59 Å². The smallest absolute Gasteiger partial charge is 0.249 e. The number of amides is 1. The Kier molecular flexibility index (Phi) is 5.11. The molecule has 4 aromatic rings. The Morgan fingerprint density at radius 1 is 0.844 bits per heavy atom. The molecule has 1 fully saturated rings. The van der Waals surface area contributed by atoms with Crippen molar-refractivity contribution in [1.29, 1.82) is 0 Å². The second kappa shape index (κ2) is 8.23. The number of carbonyl (C=O) groups is 2. The number of anilines is 1. The molecule has 1 saturated heterocycles. The standard InChI is InChI=1S/C26H22N4O2/c27-26(32)21-9-2-1-8-20(21)17-6-5-7-18(14-17)25(31)19-10-11-22-23(15-19)29-24(16-28-22)30-12-3-4-13-30/h1-2,5-11,14-16H,3-4,12-13H2,(H2,27,32). The van der Waals surface area contributed by atoms with Crippen LogP contribution < -0.4 is 10.6 Å². The van der Waals surface area contributed by atoms with Gasteiger partial charge in [-0.3, -0.25) is 14.6 Å². The number of ketones is 1. The highest BCUT2D eigenvalue weighted by Gasteiger charge is 2.16. The fourth-order valence-electron chi connectivity index (χ4n) is 4.19. The summed E-state index contributed by atoms with van der Waals surface area (Å²) in [6.45, 7) is 1.97. The predicted molar refractivity (Wildman–Crippen MR) is 125 cm³/mol. The van der Waals surface area contributed by atoms with E-state index in [1.54, 1.807) is 42.6 Å². The van der Waals surface area contributed by atoms with Crippen LogP contribution in [-0.2, 0) is 0 Å². The van der Waals surface area contributed by atoms with Crippen LogP contribution in [0.1, 0.15) is 39.1 Å². The topological polar surface area (TPSA) is 89.2 Å². The number of hydrogen-bond donors (Lipinski definition) is 1. The van der Waals surface area contributed by atoms with Crippen LogP contribution >= 0.6 is 0 Å². The number of nitrogens with two attached hydrogens (primary N) is 1. The third-order valence-corrected chi connectivity index (χ3v) is 5.85. The van der Waals surface area contributed by atoms with E-state index in [0.717, 1.165) is 42.8 Å². The molecular formula is C26H22N4O2. The van der Waals surface area contributed by atoms with Crippen LogP contribution in [0.25, 0.3) is 22.2 Å². The van der Waals surface area contributed by atoms with Crippen LogP contribution in [0.2, 0.25) is 0 Å². The number of rotatable bonds is 5. The summed E-state index contributed by atoms with van der Waals surface area (Å²) < 4.78 is 0. The van der Waals surface area contributed by atoms with Crippen LogP contribution in [0.4, 0.5) is 5.82 Å². The summed E-state index contributed by atoms with van der Waals surface area (Å²) in [4.78, 5) is 36.6. The lowest BCUT2D eigenvalue weighted by Gasteiger charge is -2.16. The highest BCUT2D eigenvalue weighted by atomic mass is 16.1. The van der Waals surface area contributed by atoms with Gasteiger partial charge in [0.05, 0.1) is 17.2 Å². The highest BCUT2D eigenvalue weighted by Crippen LogP contribution is 2.26. The number of aromatic nitrogens is 2. The molecule has 0 radical (unpaired) electrons. The summed E-state index contributed by atoms with van der Waals surface area (Å²) in [5, 5.41) is 0. The zero-order valence-corrected chi connectivity index (χ0v) is 17.5. The van der Waals surface area contributed by atoms with E-state index in [2.05, 4.69) is 9.88 Å². The number of benzene rings is 3. The van der Waals surface area contributed by atoms with E-state index in [9.17, 15) is 9.59 Å². The zero-order chi connectivity index (χ0) is 22.1. The summed E-state index contributed by atoms with van der Waals surface area (Å²) in [7, 11) is 0. The molecule has 0 spiro atoms. The molecule has 158 valence electrons. The monoisotopic (exact) mass is 422 g/mol. The van der Waals surface area contributed by atoms with Gasteiger partial charge in [-0.05, 0) is 54.3 Å². The van der Waals surface area contributed by atoms with E-state index in [1.165, 1.54) is 0 Å². The first kappa shape index (κ1) is 19.9. The van der Waals surface area contributed by atoms with E-state index >= 15 is 0 Å². The molecule has 1 aromatic heterocycles. The Morgan fingerprint density at radius 3 is 2.44 bits per heavy atom. The minimum Gasteiger partial charge on any atom is -0.366 e. The summed E-state index contributed by atoms with van der Waals surface area (Å²) in [5.41, 5.74) is 9.96. The molecule has 6 nitrogen and oxygen atoms in total. The number of carbonyl (C=O) groups excluding carboxylic acids is 2. The van der Waals surface area contributed by atoms with Crippen molar-refractivity contribution in [1.82, 2.24) is 9.97 Å². The van der Waals surface area contributed by atoms with Gasteiger partial charge in [0.2, 0.25) is 5.91 Å². The number of fused-ring (bicyclic) bond motifs is 1. The Bertz CT molecular complexity index is 1340. The van der Waals surface area contributed by atoms with Crippen molar-refractivity contribution in [3.63, 3.8) is 0 Å². The molecule has 6 heteroatoms. The largest absolute Gasteiger partial charge is 0.366 e. The lowest BCUT2D eigenvalue weighted by atomic mass is 9.95. The van der Waals surface area contributed by atoms with Gasteiger partial charge in [-0.1, -0.05) is 36.4 Å². The minimum absolute atomic E-state index is 0.112. The molecule has 1 aliphatic heterocycles. The first-order valence-corrected chi connectivity index (χ1v) is 10.7. The van der Waals surface area contributed by atoms with Crippen molar-refractivity contribution in [2.45, 2.75) is 12.8 Å². The van der Waals surface area contributed by atoms with Gasteiger partial charge in [0.15, 0.2) is 5.78 Å². The maximum atomic E-state index is 13.3. The molecular weight excluding hydrogens is 400 g/mol. The summed E-state index contributed by atoms with van der Waals surface area (Å²) in [5.74, 6) is 0.238. The molecule has 32 heavy (non-hydrogen) atoms. The van der Waals surface area contributed by atoms with Crippen LogP contribution in [0.5, 0.6) is 0 Å². The fourth-order valence-corrected chi connectivity index (χ4v) is 4.19. The van der Waals surface area contributed by atoms with Crippen LogP contribution in [0, 0.1) is 0 Å². The summed E-state index contributed by atoms with van der Waals surface area (Å²) in [6.07, 6.45) is 4.12. The lowest BCUT2D eigenvalue weighted by molar-refractivity contribution is 0.0999. The van der Waals surface area contributed by atoms with E-state index in [0.29, 0.717) is 27.8 Å². The summed E-state index contributed by atoms with van der Waals surface area (Å²) >= 11 is 0. The van der Waals surface area contributed by atoms with Gasteiger partial charge in [-0.15, -0.1) is 0 Å². The van der Waals surface area contributed by atoms with Crippen molar-refractivity contribution >= 4 is 28.5 Å². The summed E-state index contributed by atoms with van der Waals surface area (Å²) in [6, 6.07) is 19.8. The third kappa shape index (κ3) is 3.71. The van der Waals surface area contributed by atoms with E-state index in [-0.39, 0.29) is 5.78 Å². The number of nitrogens with zero attached hydrogens (tertiary/aromatic N) is 3. The quantitative estimate of drug-likeness (QED) is 0.486. The second-order valence-electron chi connectivity index (χ2n) is 7.95. The number of primary amides is 1. The van der Waals surface area contributed by atoms with Crippen LogP contribution in [-0.4, -0.2) is 34.7 Å². The normalized spacial score (nSPS) is 13.4. The Hall–Kier alpha value is -4.06. The second-order valence-corrected chi connectivity index (χ2v) is 7.95. The van der Waals surface area contributed by atoms with Crippen molar-refractivity contribution in [2.24, 2.45) is 5.73 Å². The molecule has 0 aliphatic carbocycles. The van der Waals surface area contributed by atoms with E-state index < -0.39 is 5.91 Å². The van der Waals surface area contributed by atoms with Crippen molar-refractivity contribution in [3.8, 4) is 11.1 Å². The first-order valence-electron chi connectivity index (χ1n) is 10.7. The Balaban J connectivity index is 1.50. The molecule has 0 saturated carbocycles. The van der Waals surface area contributed by atoms with Gasteiger partial charge in [0.25, 0.3) is 0 Å². The molecule has 1 aliphatic rings. The van der Waals surface area contributed by atoms with Gasteiger partial charge in [0.1, 0.15) is 5.82 Å². The van der Waals surface area contributed by atoms with Crippen LogP contribution in [0.3, 0.4) is 0 Å². The van der Waals surface area contributed by atoms with E-state index in [4.69, 9.17) is 10.7 Å². The third-order valence-electron chi connectivity index (χ3n) is 5.85. The molecule has 5 rings (SSSR count). The lowest BCUT2D eigenvalue weighted by Crippen LogP contribution is -2.19. The SMILES string of the molecule is NC(=O)c1ccccc1-c1cccc(C(=O)c2ccc3ncc(N4CCCC4)nc3c2)c1. The van der Waals surface area contributed by atoms with Crippen LogP contribution in [0.15, 0.2) is 72.9 Å². The van der Waals surface area contributed by atoms with Crippen molar-refractivity contribution in [2.75, 3.05) is 18.0 Å². The van der Waals surface area contributed by atoms with E-state index in [1.807, 2.05) is 30.3 Å². The molecule has 0 atom stereocenters. The Labute approximate surface area is 185 Å². The fraction of sp³-hybridized carbons (Fsp3) is 0.154. The number of hydrogen-bond acceptors (Lipinski definition) is 5. The van der Waals surface area contributed by atoms with Gasteiger partial charge in [0, 0.05) is 29.8 Å². The molecule has 2 N–H and O–H groups in total. The highest BCUT2D eigenvalue weighted by molar-refractivity contribution is 6.11. The van der Waals surface area contributed by atoms with Gasteiger partial charge < -0.3 is 10.6 Å². The zero-order valence-electron chi connectivity index (χ0n) is 17.5. The average molecular weight is 422 g/mol. The average Bonchev–Trinajstić information content (AvgIpc) is 3.38. The molecule has 3 aromatic carbocycles. The molecule has 1 amide bonds. The predicted octanol–water partition coefficient (Wildman–Crippen LogP) is 4.23. The maximum absolute atomic E-state index is 13.3. The van der Waals surface area contributed by atoms with Gasteiger partial charge in [-0.2, -0.15) is 0 Å². The van der Waals surface area contributed by atoms with Crippen molar-refractivity contribution in [3.05, 3.63) is 89.6 Å². The Morgan fingerprint density at radius 2 is 1.62 bits per heavy atom. The molecule has 2 heterocycles.